The number of hydrogen-bond acceptors (Lipinski definition) is 5. The average molecular weight is 278 g/mol. The van der Waals surface area contributed by atoms with Crippen LogP contribution in [-0.4, -0.2) is 35.4 Å². The second-order valence-corrected chi connectivity index (χ2v) is 4.89. The maximum atomic E-state index is 11.8. The summed E-state index contributed by atoms with van der Waals surface area (Å²) in [6.07, 6.45) is 1.77. The molecule has 108 valence electrons. The van der Waals surface area contributed by atoms with E-state index in [0.29, 0.717) is 6.54 Å². The molecule has 3 N–H and O–H groups in total. The Kier molecular flexibility index (Phi) is 4.19. The molecule has 1 atom stereocenters. The highest BCUT2D eigenvalue weighted by Crippen LogP contribution is 2.25. The van der Waals surface area contributed by atoms with Crippen LogP contribution in [0.25, 0.3) is 0 Å². The van der Waals surface area contributed by atoms with Gasteiger partial charge in [-0.3, -0.25) is 19.8 Å². The van der Waals surface area contributed by atoms with Crippen molar-refractivity contribution < 1.29 is 9.72 Å². The number of benzene rings is 1. The fraction of sp³-hybridized carbons (Fsp3) is 0.462. The number of amides is 1. The summed E-state index contributed by atoms with van der Waals surface area (Å²) in [6.45, 7) is 1.33. The molecule has 1 aromatic rings. The quantitative estimate of drug-likeness (QED) is 0.484. The summed E-state index contributed by atoms with van der Waals surface area (Å²) in [6, 6.07) is 4.63. The normalized spacial score (nSPS) is 18.9. The lowest BCUT2D eigenvalue weighted by molar-refractivity contribution is -0.384. The molecule has 2 rings (SSSR count). The highest BCUT2D eigenvalue weighted by Gasteiger charge is 2.30. The number of nitrogens with zero attached hydrogens (tertiary/aromatic N) is 2. The molecule has 1 saturated heterocycles. The van der Waals surface area contributed by atoms with E-state index >= 15 is 0 Å². The van der Waals surface area contributed by atoms with Crippen molar-refractivity contribution in [2.75, 3.05) is 19.3 Å². The van der Waals surface area contributed by atoms with E-state index < -0.39 is 4.92 Å². The molecule has 0 bridgehead atoms. The fourth-order valence-electron chi connectivity index (χ4n) is 2.56. The van der Waals surface area contributed by atoms with Crippen LogP contribution in [0.15, 0.2) is 18.2 Å². The Morgan fingerprint density at radius 2 is 2.35 bits per heavy atom. The molecule has 1 aliphatic rings. The van der Waals surface area contributed by atoms with Gasteiger partial charge in [-0.15, -0.1) is 0 Å². The van der Waals surface area contributed by atoms with E-state index in [1.165, 1.54) is 6.07 Å². The molecule has 0 aliphatic carbocycles. The molecule has 7 heteroatoms. The topological polar surface area (TPSA) is 102 Å². The van der Waals surface area contributed by atoms with E-state index in [-0.39, 0.29) is 23.3 Å². The molecule has 0 saturated carbocycles. The van der Waals surface area contributed by atoms with Crippen molar-refractivity contribution in [1.29, 1.82) is 0 Å². The van der Waals surface area contributed by atoms with Crippen LogP contribution in [0, 0.1) is 10.1 Å². The zero-order valence-corrected chi connectivity index (χ0v) is 11.3. The van der Waals surface area contributed by atoms with Gasteiger partial charge in [0.25, 0.3) is 5.69 Å². The number of nitro groups is 1. The predicted molar refractivity (Wildman–Crippen MR) is 75.0 cm³/mol. The molecule has 1 aliphatic heterocycles. The maximum Gasteiger partial charge on any atom is 0.292 e. The predicted octanol–water partition coefficient (Wildman–Crippen LogP) is 0.887. The molecular formula is C13H18N4O3. The van der Waals surface area contributed by atoms with Crippen LogP contribution in [0.2, 0.25) is 0 Å². The van der Waals surface area contributed by atoms with Gasteiger partial charge in [-0.25, -0.2) is 0 Å². The molecule has 1 fully saturated rings. The third-order valence-corrected chi connectivity index (χ3v) is 3.59. The lowest BCUT2D eigenvalue weighted by Crippen LogP contribution is -2.41. The zero-order chi connectivity index (χ0) is 14.7. The van der Waals surface area contributed by atoms with Crippen molar-refractivity contribution in [3.63, 3.8) is 0 Å². The Morgan fingerprint density at radius 3 is 3.00 bits per heavy atom. The van der Waals surface area contributed by atoms with Gasteiger partial charge in [-0.1, -0.05) is 6.07 Å². The van der Waals surface area contributed by atoms with E-state index in [2.05, 4.69) is 5.32 Å². The first-order chi connectivity index (χ1) is 9.52. The van der Waals surface area contributed by atoms with Gasteiger partial charge in [-0.2, -0.15) is 0 Å². The van der Waals surface area contributed by atoms with Crippen molar-refractivity contribution in [3.05, 3.63) is 33.9 Å². The minimum absolute atomic E-state index is 0.00700. The first-order valence-electron chi connectivity index (χ1n) is 6.51. The molecule has 1 aromatic carbocycles. The van der Waals surface area contributed by atoms with Crippen LogP contribution in [0.4, 0.5) is 11.4 Å². The number of nitrogens with two attached hydrogens (primary N) is 1. The first-order valence-corrected chi connectivity index (χ1v) is 6.51. The summed E-state index contributed by atoms with van der Waals surface area (Å²) in [7, 11) is 1.62. The standard InChI is InChI=1S/C13H18N4O3/c1-15-13(18)11-3-2-6-16(11)8-9-4-5-10(14)12(7-9)17(19)20/h4-5,7,11H,2-3,6,8,14H2,1H3,(H,15,18). The van der Waals surface area contributed by atoms with Crippen molar-refractivity contribution in [2.24, 2.45) is 0 Å². The van der Waals surface area contributed by atoms with E-state index in [4.69, 9.17) is 5.73 Å². The SMILES string of the molecule is CNC(=O)C1CCCN1Cc1ccc(N)c([N+](=O)[O-])c1. The van der Waals surface area contributed by atoms with Crippen molar-refractivity contribution in [2.45, 2.75) is 25.4 Å². The largest absolute Gasteiger partial charge is 0.393 e. The maximum absolute atomic E-state index is 11.8. The summed E-state index contributed by atoms with van der Waals surface area (Å²) in [4.78, 5) is 24.2. The Labute approximate surface area is 116 Å². The Bertz CT molecular complexity index is 532. The average Bonchev–Trinajstić information content (AvgIpc) is 2.88. The number of likely N-dealkylation sites (N-methyl/N-ethyl adjacent to an activating group) is 1. The number of rotatable bonds is 4. The fourth-order valence-corrected chi connectivity index (χ4v) is 2.56. The second kappa shape index (κ2) is 5.87. The van der Waals surface area contributed by atoms with Crippen molar-refractivity contribution in [1.82, 2.24) is 10.2 Å². The Hall–Kier alpha value is -2.15. The van der Waals surface area contributed by atoms with Gasteiger partial charge in [-0.05, 0) is 31.0 Å². The number of hydrogen-bond donors (Lipinski definition) is 2. The number of nitro benzene ring substituents is 1. The van der Waals surface area contributed by atoms with Gasteiger partial charge in [0.05, 0.1) is 11.0 Å². The lowest BCUT2D eigenvalue weighted by atomic mass is 10.1. The summed E-state index contributed by atoms with van der Waals surface area (Å²) >= 11 is 0. The van der Waals surface area contributed by atoms with Crippen LogP contribution in [0.3, 0.4) is 0 Å². The number of carbonyl (C=O) groups excluding carboxylic acids is 1. The van der Waals surface area contributed by atoms with E-state index in [1.54, 1.807) is 19.2 Å². The van der Waals surface area contributed by atoms with Crippen LogP contribution in [-0.2, 0) is 11.3 Å². The molecule has 0 radical (unpaired) electrons. The minimum Gasteiger partial charge on any atom is -0.393 e. The molecule has 1 heterocycles. The van der Waals surface area contributed by atoms with E-state index in [9.17, 15) is 14.9 Å². The molecular weight excluding hydrogens is 260 g/mol. The van der Waals surface area contributed by atoms with Crippen LogP contribution >= 0.6 is 0 Å². The van der Waals surface area contributed by atoms with E-state index in [1.807, 2.05) is 4.90 Å². The van der Waals surface area contributed by atoms with Gasteiger partial charge >= 0.3 is 0 Å². The van der Waals surface area contributed by atoms with Gasteiger partial charge < -0.3 is 11.1 Å². The van der Waals surface area contributed by atoms with Crippen LogP contribution in [0.1, 0.15) is 18.4 Å². The summed E-state index contributed by atoms with van der Waals surface area (Å²) in [5.41, 5.74) is 6.44. The number of nitrogen functional groups attached to an aromatic ring is 1. The number of nitrogens with one attached hydrogen (secondary N) is 1. The Balaban J connectivity index is 2.15. The lowest BCUT2D eigenvalue weighted by Gasteiger charge is -2.23. The molecule has 20 heavy (non-hydrogen) atoms. The number of likely N-dealkylation sites (tertiary alicyclic amines) is 1. The molecule has 1 unspecified atom stereocenters. The van der Waals surface area contributed by atoms with Gasteiger partial charge in [0.2, 0.25) is 5.91 Å². The molecule has 1 amide bonds. The summed E-state index contributed by atoms with van der Waals surface area (Å²) in [5, 5.41) is 13.5. The third-order valence-electron chi connectivity index (χ3n) is 3.59. The second-order valence-electron chi connectivity index (χ2n) is 4.89. The summed E-state index contributed by atoms with van der Waals surface area (Å²) in [5.74, 6) is -0.00700. The highest BCUT2D eigenvalue weighted by atomic mass is 16.6. The third kappa shape index (κ3) is 2.88. The van der Waals surface area contributed by atoms with Gasteiger partial charge in [0, 0.05) is 19.7 Å². The van der Waals surface area contributed by atoms with Crippen molar-refractivity contribution in [3.8, 4) is 0 Å². The number of anilines is 1. The van der Waals surface area contributed by atoms with Crippen LogP contribution < -0.4 is 11.1 Å². The number of carbonyl (C=O) groups is 1. The molecule has 7 nitrogen and oxygen atoms in total. The smallest absolute Gasteiger partial charge is 0.292 e. The zero-order valence-electron chi connectivity index (χ0n) is 11.3. The van der Waals surface area contributed by atoms with Crippen LogP contribution in [0.5, 0.6) is 0 Å². The molecule has 0 aromatic heterocycles. The Morgan fingerprint density at radius 1 is 1.60 bits per heavy atom. The monoisotopic (exact) mass is 278 g/mol. The minimum atomic E-state index is -0.487. The van der Waals surface area contributed by atoms with E-state index in [0.717, 1.165) is 24.9 Å². The highest BCUT2D eigenvalue weighted by molar-refractivity contribution is 5.81. The molecule has 0 spiro atoms. The van der Waals surface area contributed by atoms with Gasteiger partial charge in [0.15, 0.2) is 0 Å². The summed E-state index contributed by atoms with van der Waals surface area (Å²) < 4.78 is 0. The van der Waals surface area contributed by atoms with Crippen molar-refractivity contribution >= 4 is 17.3 Å². The van der Waals surface area contributed by atoms with Gasteiger partial charge in [0.1, 0.15) is 5.69 Å². The first kappa shape index (κ1) is 14.3.